The van der Waals surface area contributed by atoms with Gasteiger partial charge < -0.3 is 5.32 Å². The van der Waals surface area contributed by atoms with E-state index in [1.54, 1.807) is 0 Å². The van der Waals surface area contributed by atoms with Crippen LogP contribution < -0.4 is 5.32 Å². The number of nitrogens with one attached hydrogen (secondary N) is 1. The minimum absolute atomic E-state index is 0.0812. The zero-order chi connectivity index (χ0) is 10.5. The predicted octanol–water partition coefficient (Wildman–Crippen LogP) is 1.59. The molecule has 2 rings (SSSR count). The largest absolute Gasteiger partial charge is 0.312 e. The van der Waals surface area contributed by atoms with Crippen LogP contribution in [0.1, 0.15) is 34.1 Å². The van der Waals surface area contributed by atoms with E-state index in [0.29, 0.717) is 17.3 Å². The topological polar surface area (TPSA) is 41.5 Å². The van der Waals surface area contributed by atoms with Crippen molar-refractivity contribution in [3.8, 4) is 0 Å². The zero-order valence-corrected chi connectivity index (χ0v) is 9.29. The van der Waals surface area contributed by atoms with Crippen molar-refractivity contribution in [2.45, 2.75) is 40.2 Å². The van der Waals surface area contributed by atoms with E-state index in [2.05, 4.69) is 24.2 Å². The fourth-order valence-corrected chi connectivity index (χ4v) is 2.00. The second kappa shape index (κ2) is 2.81. The quantitative estimate of drug-likeness (QED) is 0.712. The normalized spacial score (nSPS) is 34.4. The van der Waals surface area contributed by atoms with Gasteiger partial charge in [-0.2, -0.15) is 0 Å². The van der Waals surface area contributed by atoms with Crippen LogP contribution in [0, 0.1) is 17.3 Å². The van der Waals surface area contributed by atoms with Gasteiger partial charge in [0, 0.05) is 5.92 Å². The Morgan fingerprint density at radius 3 is 2.43 bits per heavy atom. The van der Waals surface area contributed by atoms with Gasteiger partial charge in [0.05, 0.1) is 0 Å². The molecule has 0 saturated heterocycles. The van der Waals surface area contributed by atoms with Gasteiger partial charge in [0.2, 0.25) is 5.91 Å². The molecule has 1 amide bonds. The van der Waals surface area contributed by atoms with Gasteiger partial charge in [-0.15, -0.1) is 0 Å². The third-order valence-electron chi connectivity index (χ3n) is 3.27. The standard InChI is InChI=1S/C11H18N2O/c1-6(2)8-10(14)13-9(12-8)7-5-11(7,3)4/h6-8H,5H2,1-4H3,(H,12,13,14). The molecule has 1 saturated carbocycles. The van der Waals surface area contributed by atoms with Crippen molar-refractivity contribution < 1.29 is 4.79 Å². The third kappa shape index (κ3) is 1.45. The van der Waals surface area contributed by atoms with Crippen LogP contribution in [0.25, 0.3) is 0 Å². The van der Waals surface area contributed by atoms with Crippen molar-refractivity contribution >= 4 is 11.7 Å². The van der Waals surface area contributed by atoms with E-state index in [1.165, 1.54) is 0 Å². The molecule has 3 nitrogen and oxygen atoms in total. The second-order valence-electron chi connectivity index (χ2n) is 5.44. The number of aliphatic imine (C=N–C) groups is 1. The lowest BCUT2D eigenvalue weighted by Gasteiger charge is -2.06. The van der Waals surface area contributed by atoms with Crippen LogP contribution in [0.2, 0.25) is 0 Å². The van der Waals surface area contributed by atoms with E-state index in [9.17, 15) is 4.79 Å². The van der Waals surface area contributed by atoms with Gasteiger partial charge in [-0.3, -0.25) is 9.79 Å². The Hall–Kier alpha value is -0.860. The molecular weight excluding hydrogens is 176 g/mol. The Labute approximate surface area is 85.0 Å². The van der Waals surface area contributed by atoms with E-state index in [1.807, 2.05) is 13.8 Å². The molecule has 3 heteroatoms. The first-order chi connectivity index (χ1) is 6.42. The number of nitrogens with zero attached hydrogens (tertiary/aromatic N) is 1. The van der Waals surface area contributed by atoms with Crippen LogP contribution in [-0.4, -0.2) is 17.8 Å². The fraction of sp³-hybridized carbons (Fsp3) is 0.818. The fourth-order valence-electron chi connectivity index (χ4n) is 2.00. The average molecular weight is 194 g/mol. The maximum absolute atomic E-state index is 11.5. The number of carbonyl (C=O) groups is 1. The summed E-state index contributed by atoms with van der Waals surface area (Å²) in [5.74, 6) is 1.79. The lowest BCUT2D eigenvalue weighted by molar-refractivity contribution is -0.120. The molecule has 0 aromatic carbocycles. The highest BCUT2D eigenvalue weighted by atomic mass is 16.2. The van der Waals surface area contributed by atoms with Crippen LogP contribution in [0.4, 0.5) is 0 Å². The van der Waals surface area contributed by atoms with Gasteiger partial charge in [-0.05, 0) is 17.8 Å². The Bertz CT molecular complexity index is 304. The molecule has 0 spiro atoms. The summed E-state index contributed by atoms with van der Waals surface area (Å²) < 4.78 is 0. The number of carbonyl (C=O) groups excluding carboxylic acids is 1. The summed E-state index contributed by atoms with van der Waals surface area (Å²) in [6, 6.07) is -0.151. The number of amides is 1. The Morgan fingerprint density at radius 2 is 2.07 bits per heavy atom. The Balaban J connectivity index is 2.10. The first-order valence-corrected chi connectivity index (χ1v) is 5.30. The van der Waals surface area contributed by atoms with Gasteiger partial charge in [0.1, 0.15) is 11.9 Å². The third-order valence-corrected chi connectivity index (χ3v) is 3.27. The maximum Gasteiger partial charge on any atom is 0.250 e. The van der Waals surface area contributed by atoms with Gasteiger partial charge in [0.25, 0.3) is 0 Å². The highest BCUT2D eigenvalue weighted by molar-refractivity contribution is 6.08. The molecule has 2 atom stereocenters. The highest BCUT2D eigenvalue weighted by Gasteiger charge is 2.51. The van der Waals surface area contributed by atoms with Crippen molar-refractivity contribution in [2.75, 3.05) is 0 Å². The summed E-state index contributed by atoms with van der Waals surface area (Å²) in [6.07, 6.45) is 1.15. The van der Waals surface area contributed by atoms with Gasteiger partial charge in [-0.25, -0.2) is 0 Å². The number of amidine groups is 1. The van der Waals surface area contributed by atoms with Crippen molar-refractivity contribution in [1.29, 1.82) is 0 Å². The number of rotatable bonds is 2. The minimum Gasteiger partial charge on any atom is -0.312 e. The van der Waals surface area contributed by atoms with Crippen molar-refractivity contribution in [2.24, 2.45) is 22.2 Å². The summed E-state index contributed by atoms with van der Waals surface area (Å²) in [6.45, 7) is 8.51. The van der Waals surface area contributed by atoms with E-state index in [4.69, 9.17) is 0 Å². The molecule has 0 aromatic heterocycles. The molecule has 0 radical (unpaired) electrons. The van der Waals surface area contributed by atoms with Crippen molar-refractivity contribution in [1.82, 2.24) is 5.32 Å². The number of hydrogen-bond donors (Lipinski definition) is 1. The molecule has 0 bridgehead atoms. The summed E-state index contributed by atoms with van der Waals surface area (Å²) in [5, 5.41) is 2.91. The number of hydrogen-bond acceptors (Lipinski definition) is 2. The molecule has 2 aliphatic rings. The van der Waals surface area contributed by atoms with Crippen LogP contribution >= 0.6 is 0 Å². The van der Waals surface area contributed by atoms with Crippen LogP contribution in [0.15, 0.2) is 4.99 Å². The predicted molar refractivity (Wildman–Crippen MR) is 56.1 cm³/mol. The SMILES string of the molecule is CC(C)C1N=C(C2CC2(C)C)NC1=O. The zero-order valence-electron chi connectivity index (χ0n) is 9.29. The van der Waals surface area contributed by atoms with Crippen LogP contribution in [-0.2, 0) is 4.79 Å². The Kier molecular flexibility index (Phi) is 1.95. The molecule has 1 fully saturated rings. The molecule has 78 valence electrons. The summed E-state index contributed by atoms with van der Waals surface area (Å²) >= 11 is 0. The summed E-state index contributed by atoms with van der Waals surface area (Å²) in [5.41, 5.74) is 0.345. The van der Waals surface area contributed by atoms with E-state index < -0.39 is 0 Å². The molecular formula is C11H18N2O. The molecule has 1 N–H and O–H groups in total. The summed E-state index contributed by atoms with van der Waals surface area (Å²) in [4.78, 5) is 16.0. The van der Waals surface area contributed by atoms with Gasteiger partial charge in [-0.1, -0.05) is 27.7 Å². The lowest BCUT2D eigenvalue weighted by Crippen LogP contribution is -2.32. The molecule has 2 unspecified atom stereocenters. The first-order valence-electron chi connectivity index (χ1n) is 5.30. The van der Waals surface area contributed by atoms with E-state index >= 15 is 0 Å². The monoisotopic (exact) mass is 194 g/mol. The van der Waals surface area contributed by atoms with Crippen molar-refractivity contribution in [3.05, 3.63) is 0 Å². The molecule has 1 heterocycles. The van der Waals surface area contributed by atoms with E-state index in [0.717, 1.165) is 12.3 Å². The van der Waals surface area contributed by atoms with Gasteiger partial charge in [0.15, 0.2) is 0 Å². The molecule has 14 heavy (non-hydrogen) atoms. The highest BCUT2D eigenvalue weighted by Crippen LogP contribution is 2.52. The summed E-state index contributed by atoms with van der Waals surface area (Å²) in [7, 11) is 0. The maximum atomic E-state index is 11.5. The van der Waals surface area contributed by atoms with Crippen LogP contribution in [0.5, 0.6) is 0 Å². The van der Waals surface area contributed by atoms with Gasteiger partial charge >= 0.3 is 0 Å². The Morgan fingerprint density at radius 1 is 1.50 bits per heavy atom. The van der Waals surface area contributed by atoms with E-state index in [-0.39, 0.29) is 11.9 Å². The molecule has 1 aliphatic carbocycles. The lowest BCUT2D eigenvalue weighted by atomic mass is 10.1. The average Bonchev–Trinajstić information content (AvgIpc) is 2.54. The second-order valence-corrected chi connectivity index (χ2v) is 5.44. The minimum atomic E-state index is -0.151. The van der Waals surface area contributed by atoms with Crippen LogP contribution in [0.3, 0.4) is 0 Å². The molecule has 1 aliphatic heterocycles. The first kappa shape index (κ1) is 9.69. The molecule has 0 aromatic rings. The van der Waals surface area contributed by atoms with Crippen molar-refractivity contribution in [3.63, 3.8) is 0 Å². The smallest absolute Gasteiger partial charge is 0.250 e.